The monoisotopic (exact) mass is 340 g/mol. The number of rotatable bonds is 6. The Morgan fingerprint density at radius 1 is 1.00 bits per heavy atom. The average molecular weight is 340 g/mol. The van der Waals surface area contributed by atoms with Crippen LogP contribution in [0.3, 0.4) is 0 Å². The number of piperazine rings is 1. The number of nitrogens with one attached hydrogen (secondary N) is 1. The van der Waals surface area contributed by atoms with Crippen LogP contribution in [-0.2, 0) is 0 Å². The highest BCUT2D eigenvalue weighted by atomic mass is 15.3. The molecule has 0 spiro atoms. The first-order valence-electron chi connectivity index (χ1n) is 9.08. The van der Waals surface area contributed by atoms with Crippen molar-refractivity contribution in [2.45, 2.75) is 13.8 Å². The third-order valence-corrected chi connectivity index (χ3v) is 4.72. The highest BCUT2D eigenvalue weighted by Crippen LogP contribution is 2.21. The first-order valence-corrected chi connectivity index (χ1v) is 9.08. The summed E-state index contributed by atoms with van der Waals surface area (Å²) in [4.78, 5) is 16.0. The maximum atomic E-state index is 4.68. The number of benzene rings is 1. The molecular weight excluding hydrogens is 312 g/mol. The second kappa shape index (κ2) is 8.16. The van der Waals surface area contributed by atoms with E-state index in [1.54, 1.807) is 0 Å². The maximum absolute atomic E-state index is 4.68. The molecule has 1 aromatic carbocycles. The first kappa shape index (κ1) is 17.5. The minimum absolute atomic E-state index is 0.645. The number of aromatic nitrogens is 2. The van der Waals surface area contributed by atoms with Crippen LogP contribution in [0.4, 0.5) is 23.1 Å². The Hall–Kier alpha value is -2.34. The Bertz CT molecular complexity index is 660. The largest absolute Gasteiger partial charge is 0.372 e. The van der Waals surface area contributed by atoms with Crippen LogP contribution in [0.5, 0.6) is 0 Å². The molecule has 6 heteroatoms. The molecule has 6 nitrogen and oxygen atoms in total. The van der Waals surface area contributed by atoms with E-state index in [4.69, 9.17) is 0 Å². The van der Waals surface area contributed by atoms with Crippen molar-refractivity contribution in [2.75, 3.05) is 61.4 Å². The standard InChI is InChI=1S/C19H28N6/c1-4-24(5-2)17-8-6-16(7-9-17)21-19-20-11-10-18(22-19)25-14-12-23(3)13-15-25/h6-11H,4-5,12-15H2,1-3H3,(H,20,21,22). The van der Waals surface area contributed by atoms with Crippen molar-refractivity contribution < 1.29 is 0 Å². The van der Waals surface area contributed by atoms with Crippen molar-refractivity contribution in [1.29, 1.82) is 0 Å². The minimum Gasteiger partial charge on any atom is -0.372 e. The zero-order valence-corrected chi connectivity index (χ0v) is 15.4. The number of hydrogen-bond acceptors (Lipinski definition) is 6. The first-order chi connectivity index (χ1) is 12.2. The smallest absolute Gasteiger partial charge is 0.229 e. The second-order valence-corrected chi connectivity index (χ2v) is 6.37. The lowest BCUT2D eigenvalue weighted by Crippen LogP contribution is -2.44. The van der Waals surface area contributed by atoms with Gasteiger partial charge in [0.1, 0.15) is 5.82 Å². The van der Waals surface area contributed by atoms with Crippen molar-refractivity contribution in [3.63, 3.8) is 0 Å². The molecule has 0 atom stereocenters. The molecule has 1 aliphatic heterocycles. The topological polar surface area (TPSA) is 47.5 Å². The van der Waals surface area contributed by atoms with E-state index in [1.807, 2.05) is 12.3 Å². The Morgan fingerprint density at radius 2 is 1.68 bits per heavy atom. The summed E-state index contributed by atoms with van der Waals surface area (Å²) in [6.07, 6.45) is 1.83. The normalized spacial score (nSPS) is 15.2. The lowest BCUT2D eigenvalue weighted by atomic mass is 10.2. The SMILES string of the molecule is CCN(CC)c1ccc(Nc2nccc(N3CCN(C)CC3)n2)cc1. The van der Waals surface area contributed by atoms with Crippen LogP contribution in [-0.4, -0.2) is 61.2 Å². The van der Waals surface area contributed by atoms with Crippen LogP contribution in [0, 0.1) is 0 Å². The molecule has 0 saturated carbocycles. The zero-order valence-electron chi connectivity index (χ0n) is 15.4. The van der Waals surface area contributed by atoms with Crippen LogP contribution in [0.1, 0.15) is 13.8 Å². The molecular formula is C19H28N6. The van der Waals surface area contributed by atoms with Crippen LogP contribution in [0.15, 0.2) is 36.5 Å². The summed E-state index contributed by atoms with van der Waals surface area (Å²) in [5, 5.41) is 3.32. The average Bonchev–Trinajstić information content (AvgIpc) is 2.65. The van der Waals surface area contributed by atoms with Gasteiger partial charge in [-0.25, -0.2) is 4.98 Å². The van der Waals surface area contributed by atoms with Crippen molar-refractivity contribution >= 4 is 23.1 Å². The van der Waals surface area contributed by atoms with Gasteiger partial charge in [0.25, 0.3) is 0 Å². The van der Waals surface area contributed by atoms with Gasteiger partial charge in [-0.15, -0.1) is 0 Å². The van der Waals surface area contributed by atoms with Crippen LogP contribution >= 0.6 is 0 Å². The van der Waals surface area contributed by atoms with Crippen molar-refractivity contribution in [3.05, 3.63) is 36.5 Å². The Morgan fingerprint density at radius 3 is 2.32 bits per heavy atom. The summed E-state index contributed by atoms with van der Waals surface area (Å²) in [6, 6.07) is 10.4. The summed E-state index contributed by atoms with van der Waals surface area (Å²) < 4.78 is 0. The summed E-state index contributed by atoms with van der Waals surface area (Å²) in [6.45, 7) is 10.5. The summed E-state index contributed by atoms with van der Waals surface area (Å²) in [7, 11) is 2.16. The second-order valence-electron chi connectivity index (χ2n) is 6.37. The van der Waals surface area contributed by atoms with Gasteiger partial charge in [0, 0.05) is 56.8 Å². The van der Waals surface area contributed by atoms with Gasteiger partial charge in [0.05, 0.1) is 0 Å². The quantitative estimate of drug-likeness (QED) is 0.872. The number of nitrogens with zero attached hydrogens (tertiary/aromatic N) is 5. The van der Waals surface area contributed by atoms with Gasteiger partial charge in [-0.05, 0) is 51.2 Å². The van der Waals surface area contributed by atoms with E-state index in [9.17, 15) is 0 Å². The van der Waals surface area contributed by atoms with Crippen molar-refractivity contribution in [2.24, 2.45) is 0 Å². The van der Waals surface area contributed by atoms with Crippen LogP contribution in [0.2, 0.25) is 0 Å². The molecule has 1 aromatic heterocycles. The van der Waals surface area contributed by atoms with E-state index in [1.165, 1.54) is 5.69 Å². The summed E-state index contributed by atoms with van der Waals surface area (Å²) >= 11 is 0. The molecule has 1 N–H and O–H groups in total. The van der Waals surface area contributed by atoms with Crippen LogP contribution in [0.25, 0.3) is 0 Å². The molecule has 0 amide bonds. The Kier molecular flexibility index (Phi) is 5.71. The highest BCUT2D eigenvalue weighted by Gasteiger charge is 2.15. The van der Waals surface area contributed by atoms with Gasteiger partial charge in [-0.3, -0.25) is 0 Å². The zero-order chi connectivity index (χ0) is 17.6. The minimum atomic E-state index is 0.645. The van der Waals surface area contributed by atoms with Gasteiger partial charge in [-0.2, -0.15) is 4.98 Å². The van der Waals surface area contributed by atoms with Crippen molar-refractivity contribution in [3.8, 4) is 0 Å². The molecule has 134 valence electrons. The molecule has 0 bridgehead atoms. The van der Waals surface area contributed by atoms with E-state index in [-0.39, 0.29) is 0 Å². The third-order valence-electron chi connectivity index (χ3n) is 4.72. The summed E-state index contributed by atoms with van der Waals surface area (Å²) in [5.41, 5.74) is 2.24. The number of likely N-dealkylation sites (N-methyl/N-ethyl adjacent to an activating group) is 1. The Labute approximate surface area is 150 Å². The van der Waals surface area contributed by atoms with E-state index in [0.717, 1.165) is 50.8 Å². The van der Waals surface area contributed by atoms with Gasteiger partial charge in [0.15, 0.2) is 0 Å². The van der Waals surface area contributed by atoms with Crippen molar-refractivity contribution in [1.82, 2.24) is 14.9 Å². The molecule has 2 aromatic rings. The third kappa shape index (κ3) is 4.39. The molecule has 1 aliphatic rings. The molecule has 3 rings (SSSR count). The van der Waals surface area contributed by atoms with Gasteiger partial charge >= 0.3 is 0 Å². The fourth-order valence-electron chi connectivity index (χ4n) is 3.09. The lowest BCUT2D eigenvalue weighted by molar-refractivity contribution is 0.312. The molecule has 0 radical (unpaired) electrons. The predicted molar refractivity (Wildman–Crippen MR) is 105 cm³/mol. The molecule has 0 unspecified atom stereocenters. The fourth-order valence-corrected chi connectivity index (χ4v) is 3.09. The molecule has 2 heterocycles. The summed E-state index contributed by atoms with van der Waals surface area (Å²) in [5.74, 6) is 1.64. The lowest BCUT2D eigenvalue weighted by Gasteiger charge is -2.33. The van der Waals surface area contributed by atoms with Gasteiger partial charge in [0.2, 0.25) is 5.95 Å². The van der Waals surface area contributed by atoms with Crippen LogP contribution < -0.4 is 15.1 Å². The van der Waals surface area contributed by atoms with E-state index >= 15 is 0 Å². The fraction of sp³-hybridized carbons (Fsp3) is 0.474. The number of anilines is 4. The van der Waals surface area contributed by atoms with E-state index in [2.05, 4.69) is 75.1 Å². The number of hydrogen-bond donors (Lipinski definition) is 1. The van der Waals surface area contributed by atoms with E-state index < -0.39 is 0 Å². The molecule has 1 saturated heterocycles. The van der Waals surface area contributed by atoms with Gasteiger partial charge < -0.3 is 20.0 Å². The molecule has 1 fully saturated rings. The van der Waals surface area contributed by atoms with Gasteiger partial charge in [-0.1, -0.05) is 0 Å². The maximum Gasteiger partial charge on any atom is 0.229 e. The Balaban J connectivity index is 1.67. The molecule has 0 aliphatic carbocycles. The van der Waals surface area contributed by atoms with E-state index in [0.29, 0.717) is 5.95 Å². The molecule has 25 heavy (non-hydrogen) atoms. The highest BCUT2D eigenvalue weighted by molar-refractivity contribution is 5.60. The predicted octanol–water partition coefficient (Wildman–Crippen LogP) is 2.82.